The number of nitrogens with two attached hydrogens (primary N) is 1. The average molecular weight is 272 g/mol. The van der Waals surface area contributed by atoms with Gasteiger partial charge in [-0.05, 0) is 24.7 Å². The van der Waals surface area contributed by atoms with E-state index in [-0.39, 0.29) is 12.4 Å². The van der Waals surface area contributed by atoms with E-state index < -0.39 is 9.84 Å². The van der Waals surface area contributed by atoms with Crippen LogP contribution >= 0.6 is 0 Å². The summed E-state index contributed by atoms with van der Waals surface area (Å²) in [5.41, 5.74) is 6.37. The van der Waals surface area contributed by atoms with Gasteiger partial charge in [0.2, 0.25) is 0 Å². The number of benzene rings is 1. The van der Waals surface area contributed by atoms with Gasteiger partial charge >= 0.3 is 0 Å². The second-order valence-electron chi connectivity index (χ2n) is 4.19. The van der Waals surface area contributed by atoms with E-state index in [2.05, 4.69) is 0 Å². The van der Waals surface area contributed by atoms with Crippen molar-refractivity contribution in [3.05, 3.63) is 29.8 Å². The summed E-state index contributed by atoms with van der Waals surface area (Å²) < 4.78 is 24.0. The molecule has 6 heteroatoms. The molecule has 1 aromatic carbocycles. The van der Waals surface area contributed by atoms with Crippen molar-refractivity contribution in [2.75, 3.05) is 32.5 Å². The molecule has 102 valence electrons. The molecule has 18 heavy (non-hydrogen) atoms. The number of aliphatic hydroxyl groups is 1. The van der Waals surface area contributed by atoms with Gasteiger partial charge in [-0.2, -0.15) is 0 Å². The smallest absolute Gasteiger partial charge is 0.179 e. The van der Waals surface area contributed by atoms with Gasteiger partial charge in [-0.3, -0.25) is 0 Å². The van der Waals surface area contributed by atoms with Crippen molar-refractivity contribution >= 4 is 9.84 Å². The van der Waals surface area contributed by atoms with Gasteiger partial charge in [0.1, 0.15) is 0 Å². The summed E-state index contributed by atoms with van der Waals surface area (Å²) in [5.74, 6) is 0.0471. The van der Waals surface area contributed by atoms with Crippen molar-refractivity contribution in [2.24, 2.45) is 5.73 Å². The Kier molecular flexibility index (Phi) is 5.74. The fourth-order valence-corrected chi connectivity index (χ4v) is 2.85. The normalized spacial score (nSPS) is 12.0. The number of sulfone groups is 1. The molecule has 0 aliphatic heterocycles. The van der Waals surface area contributed by atoms with Crippen LogP contribution in [0.2, 0.25) is 0 Å². The second-order valence-corrected chi connectivity index (χ2v) is 6.30. The SMILES string of the molecule is CN(CCO)CCS(=O)(=O)c1ccc(CN)cc1. The molecule has 5 nitrogen and oxygen atoms in total. The van der Waals surface area contributed by atoms with E-state index in [1.54, 1.807) is 36.2 Å². The Morgan fingerprint density at radius 3 is 2.33 bits per heavy atom. The van der Waals surface area contributed by atoms with Crippen LogP contribution in [-0.4, -0.2) is 50.9 Å². The van der Waals surface area contributed by atoms with Crippen LogP contribution in [0.15, 0.2) is 29.2 Å². The zero-order valence-corrected chi connectivity index (χ0v) is 11.4. The molecule has 0 saturated heterocycles. The maximum Gasteiger partial charge on any atom is 0.179 e. The minimum absolute atomic E-state index is 0.0295. The molecule has 3 N–H and O–H groups in total. The maximum atomic E-state index is 12.0. The summed E-state index contributed by atoms with van der Waals surface area (Å²) >= 11 is 0. The van der Waals surface area contributed by atoms with E-state index in [1.807, 2.05) is 0 Å². The number of hydrogen-bond acceptors (Lipinski definition) is 5. The van der Waals surface area contributed by atoms with Crippen LogP contribution in [0.1, 0.15) is 5.56 Å². The van der Waals surface area contributed by atoms with Crippen LogP contribution in [0.25, 0.3) is 0 Å². The van der Waals surface area contributed by atoms with E-state index in [9.17, 15) is 8.42 Å². The summed E-state index contributed by atoms with van der Waals surface area (Å²) in [6.07, 6.45) is 0. The molecule has 1 rings (SSSR count). The molecule has 0 spiro atoms. The van der Waals surface area contributed by atoms with E-state index in [4.69, 9.17) is 10.8 Å². The number of aliphatic hydroxyl groups excluding tert-OH is 1. The minimum atomic E-state index is -3.26. The zero-order valence-electron chi connectivity index (χ0n) is 10.5. The van der Waals surface area contributed by atoms with Crippen LogP contribution in [-0.2, 0) is 16.4 Å². The molecule has 1 aromatic rings. The highest BCUT2D eigenvalue weighted by molar-refractivity contribution is 7.91. The van der Waals surface area contributed by atoms with Gasteiger partial charge in [0.15, 0.2) is 9.84 Å². The Hall–Kier alpha value is -0.950. The Morgan fingerprint density at radius 2 is 1.83 bits per heavy atom. The Morgan fingerprint density at radius 1 is 1.22 bits per heavy atom. The molecule has 0 amide bonds. The van der Waals surface area contributed by atoms with Gasteiger partial charge in [-0.25, -0.2) is 8.42 Å². The summed E-state index contributed by atoms with van der Waals surface area (Å²) in [6.45, 7) is 1.31. The van der Waals surface area contributed by atoms with Crippen LogP contribution < -0.4 is 5.73 Å². The molecule has 0 heterocycles. The van der Waals surface area contributed by atoms with Crippen molar-refractivity contribution in [3.8, 4) is 0 Å². The zero-order chi connectivity index (χ0) is 13.6. The van der Waals surface area contributed by atoms with E-state index in [0.29, 0.717) is 24.5 Å². The van der Waals surface area contributed by atoms with Crippen LogP contribution in [0.3, 0.4) is 0 Å². The highest BCUT2D eigenvalue weighted by Crippen LogP contribution is 2.12. The fraction of sp³-hybridized carbons (Fsp3) is 0.500. The molecule has 0 atom stereocenters. The lowest BCUT2D eigenvalue weighted by atomic mass is 10.2. The van der Waals surface area contributed by atoms with E-state index in [0.717, 1.165) is 5.56 Å². The average Bonchev–Trinajstić information content (AvgIpc) is 2.37. The molecule has 0 radical (unpaired) electrons. The van der Waals surface area contributed by atoms with Crippen molar-refractivity contribution in [3.63, 3.8) is 0 Å². The summed E-state index contributed by atoms with van der Waals surface area (Å²) in [4.78, 5) is 2.10. The molecule has 0 saturated carbocycles. The first-order chi connectivity index (χ1) is 8.49. The quantitative estimate of drug-likeness (QED) is 0.721. The number of likely N-dealkylation sites (N-methyl/N-ethyl adjacent to an activating group) is 1. The molecule has 0 unspecified atom stereocenters. The summed E-state index contributed by atoms with van der Waals surface area (Å²) in [6, 6.07) is 6.63. The monoisotopic (exact) mass is 272 g/mol. The lowest BCUT2D eigenvalue weighted by Gasteiger charge is -2.14. The van der Waals surface area contributed by atoms with E-state index >= 15 is 0 Å². The molecule has 0 aliphatic carbocycles. The second kappa shape index (κ2) is 6.84. The number of hydrogen-bond donors (Lipinski definition) is 2. The molecule has 0 bridgehead atoms. The van der Waals surface area contributed by atoms with Crippen LogP contribution in [0.5, 0.6) is 0 Å². The van der Waals surface area contributed by atoms with Crippen molar-refractivity contribution in [1.82, 2.24) is 4.90 Å². The Bertz CT molecular complexity index is 457. The molecule has 0 aliphatic rings. The van der Waals surface area contributed by atoms with Gasteiger partial charge in [0.25, 0.3) is 0 Å². The maximum absolute atomic E-state index is 12.0. The van der Waals surface area contributed by atoms with Crippen LogP contribution in [0, 0.1) is 0 Å². The number of nitrogens with zero attached hydrogens (tertiary/aromatic N) is 1. The topological polar surface area (TPSA) is 83.6 Å². The van der Waals surface area contributed by atoms with Crippen molar-refractivity contribution < 1.29 is 13.5 Å². The van der Waals surface area contributed by atoms with Gasteiger partial charge in [0.05, 0.1) is 17.3 Å². The molecule has 0 aromatic heterocycles. The predicted octanol–water partition coefficient (Wildman–Crippen LogP) is -0.157. The predicted molar refractivity (Wildman–Crippen MR) is 71.0 cm³/mol. The minimum Gasteiger partial charge on any atom is -0.395 e. The first kappa shape index (κ1) is 15.1. The Balaban J connectivity index is 2.67. The van der Waals surface area contributed by atoms with Gasteiger partial charge in [-0.15, -0.1) is 0 Å². The van der Waals surface area contributed by atoms with Gasteiger partial charge in [0, 0.05) is 19.6 Å². The molecular weight excluding hydrogens is 252 g/mol. The lowest BCUT2D eigenvalue weighted by Crippen LogP contribution is -2.28. The highest BCUT2D eigenvalue weighted by Gasteiger charge is 2.14. The van der Waals surface area contributed by atoms with Gasteiger partial charge in [-0.1, -0.05) is 12.1 Å². The first-order valence-electron chi connectivity index (χ1n) is 5.81. The fourth-order valence-electron chi connectivity index (χ4n) is 1.51. The molecule has 0 fully saturated rings. The van der Waals surface area contributed by atoms with Crippen LogP contribution in [0.4, 0.5) is 0 Å². The first-order valence-corrected chi connectivity index (χ1v) is 7.46. The third kappa shape index (κ3) is 4.38. The van der Waals surface area contributed by atoms with Crippen molar-refractivity contribution in [1.29, 1.82) is 0 Å². The third-order valence-electron chi connectivity index (χ3n) is 2.74. The van der Waals surface area contributed by atoms with E-state index in [1.165, 1.54) is 0 Å². The Labute approximate surface area is 108 Å². The third-order valence-corrected chi connectivity index (χ3v) is 4.45. The largest absolute Gasteiger partial charge is 0.395 e. The summed E-state index contributed by atoms with van der Waals surface area (Å²) in [5, 5.41) is 8.74. The lowest BCUT2D eigenvalue weighted by molar-refractivity contribution is 0.227. The standard InChI is InChI=1S/C12H20N2O3S/c1-14(6-8-15)7-9-18(16,17)12-4-2-11(10-13)3-5-12/h2-5,15H,6-10,13H2,1H3. The van der Waals surface area contributed by atoms with Gasteiger partial charge < -0.3 is 15.7 Å². The van der Waals surface area contributed by atoms with Crippen molar-refractivity contribution in [2.45, 2.75) is 11.4 Å². The highest BCUT2D eigenvalue weighted by atomic mass is 32.2. The summed E-state index contributed by atoms with van der Waals surface area (Å²) in [7, 11) is -1.48. The number of rotatable bonds is 7. The molecular formula is C12H20N2O3S.